The molecule has 0 bridgehead atoms. The van der Waals surface area contributed by atoms with Crippen LogP contribution in [0.25, 0.3) is 0 Å². The lowest BCUT2D eigenvalue weighted by Crippen LogP contribution is -2.52. The number of halogens is 1. The van der Waals surface area contributed by atoms with Gasteiger partial charge in [-0.1, -0.05) is 12.1 Å². The summed E-state index contributed by atoms with van der Waals surface area (Å²) >= 11 is 0. The maximum Gasteiger partial charge on any atom is 0.227 e. The van der Waals surface area contributed by atoms with Gasteiger partial charge in [0.15, 0.2) is 0 Å². The molecule has 2 fully saturated rings. The molecule has 2 aliphatic rings. The number of morpholine rings is 1. The molecule has 1 aromatic rings. The number of aliphatic hydroxyl groups excluding tert-OH is 1. The van der Waals surface area contributed by atoms with Crippen LogP contribution in [0.15, 0.2) is 24.3 Å². The number of rotatable bonds is 4. The second-order valence-corrected chi connectivity index (χ2v) is 6.66. The van der Waals surface area contributed by atoms with Gasteiger partial charge in [-0.25, -0.2) is 4.39 Å². The third-order valence-electron chi connectivity index (χ3n) is 5.20. The van der Waals surface area contributed by atoms with Gasteiger partial charge in [0.05, 0.1) is 31.8 Å². The summed E-state index contributed by atoms with van der Waals surface area (Å²) in [6, 6.07) is 6.01. The van der Waals surface area contributed by atoms with Crippen LogP contribution in [0, 0.1) is 5.82 Å². The number of carbonyl (C=O) groups is 1. The van der Waals surface area contributed by atoms with E-state index in [9.17, 15) is 14.3 Å². The first-order valence-electron chi connectivity index (χ1n) is 8.56. The molecule has 1 amide bonds. The van der Waals surface area contributed by atoms with Crippen molar-refractivity contribution >= 4 is 5.91 Å². The molecular weight excluding hydrogens is 311 g/mol. The Kier molecular flexibility index (Phi) is 5.48. The molecular formula is C18H25FN2O3. The maximum atomic E-state index is 13.3. The monoisotopic (exact) mass is 336 g/mol. The average Bonchev–Trinajstić information content (AvgIpc) is 2.96. The summed E-state index contributed by atoms with van der Waals surface area (Å²) in [4.78, 5) is 16.4. The van der Waals surface area contributed by atoms with Crippen LogP contribution in [0.5, 0.6) is 0 Å². The van der Waals surface area contributed by atoms with E-state index in [1.54, 1.807) is 24.1 Å². The molecule has 0 radical (unpaired) electrons. The van der Waals surface area contributed by atoms with Gasteiger partial charge in [-0.05, 0) is 30.5 Å². The Hall–Kier alpha value is -1.50. The summed E-state index contributed by atoms with van der Waals surface area (Å²) in [5.41, 5.74) is 0.657. The van der Waals surface area contributed by atoms with Gasteiger partial charge in [-0.15, -0.1) is 0 Å². The van der Waals surface area contributed by atoms with Crippen LogP contribution in [0.3, 0.4) is 0 Å². The normalized spacial score (nSPS) is 28.0. The van der Waals surface area contributed by atoms with Crippen molar-refractivity contribution in [2.45, 2.75) is 37.5 Å². The minimum atomic E-state index is -0.551. The van der Waals surface area contributed by atoms with Crippen LogP contribution < -0.4 is 0 Å². The number of benzene rings is 1. The van der Waals surface area contributed by atoms with E-state index in [0.717, 1.165) is 25.9 Å². The van der Waals surface area contributed by atoms with Crippen LogP contribution in [0.1, 0.15) is 18.4 Å². The molecule has 1 aliphatic carbocycles. The van der Waals surface area contributed by atoms with Gasteiger partial charge in [-0.2, -0.15) is 0 Å². The van der Waals surface area contributed by atoms with E-state index >= 15 is 0 Å². The van der Waals surface area contributed by atoms with Gasteiger partial charge in [0, 0.05) is 26.2 Å². The first-order valence-corrected chi connectivity index (χ1v) is 8.56. The molecule has 6 heteroatoms. The van der Waals surface area contributed by atoms with Gasteiger partial charge in [-0.3, -0.25) is 9.69 Å². The van der Waals surface area contributed by atoms with Gasteiger partial charge in [0.25, 0.3) is 0 Å². The smallest absolute Gasteiger partial charge is 0.227 e. The Morgan fingerprint density at radius 1 is 1.38 bits per heavy atom. The Balaban J connectivity index is 1.60. The number of aliphatic hydroxyl groups is 1. The van der Waals surface area contributed by atoms with Crippen molar-refractivity contribution < 1.29 is 19.0 Å². The van der Waals surface area contributed by atoms with Crippen molar-refractivity contribution in [1.82, 2.24) is 9.80 Å². The number of amides is 1. The molecule has 1 saturated heterocycles. The standard InChI is InChI=1S/C18H25FN2O3/c1-20(17(22)12-13-3-2-4-14(19)11-13)15-5-6-16(18(15)23)21-7-9-24-10-8-21/h2-4,11,15-16,18,23H,5-10,12H2,1H3/t15-,16-,18-/m1/s1. The Labute approximate surface area is 142 Å². The fraction of sp³-hybridized carbons (Fsp3) is 0.611. The van der Waals surface area contributed by atoms with Crippen LogP contribution in [0.2, 0.25) is 0 Å². The predicted molar refractivity (Wildman–Crippen MR) is 88.1 cm³/mol. The molecule has 5 nitrogen and oxygen atoms in total. The van der Waals surface area contributed by atoms with E-state index in [4.69, 9.17) is 4.74 Å². The number of carbonyl (C=O) groups excluding carboxylic acids is 1. The van der Waals surface area contributed by atoms with Crippen molar-refractivity contribution in [3.8, 4) is 0 Å². The van der Waals surface area contributed by atoms with Crippen molar-refractivity contribution in [2.24, 2.45) is 0 Å². The molecule has 3 atom stereocenters. The fourth-order valence-corrected chi connectivity index (χ4v) is 3.80. The predicted octanol–water partition coefficient (Wildman–Crippen LogP) is 1.05. The second-order valence-electron chi connectivity index (χ2n) is 6.66. The lowest BCUT2D eigenvalue weighted by atomic mass is 10.1. The van der Waals surface area contributed by atoms with E-state index in [1.165, 1.54) is 12.1 Å². The molecule has 1 heterocycles. The number of hydrogen-bond donors (Lipinski definition) is 1. The zero-order valence-electron chi connectivity index (χ0n) is 14.0. The summed E-state index contributed by atoms with van der Waals surface area (Å²) in [6.45, 7) is 3.05. The number of hydrogen-bond acceptors (Lipinski definition) is 4. The molecule has 0 spiro atoms. The van der Waals surface area contributed by atoms with Crippen molar-refractivity contribution in [3.63, 3.8) is 0 Å². The highest BCUT2D eigenvalue weighted by atomic mass is 19.1. The lowest BCUT2D eigenvalue weighted by molar-refractivity contribution is -0.133. The highest BCUT2D eigenvalue weighted by Crippen LogP contribution is 2.29. The Morgan fingerprint density at radius 2 is 2.12 bits per heavy atom. The number of ether oxygens (including phenoxy) is 1. The first-order chi connectivity index (χ1) is 11.6. The van der Waals surface area contributed by atoms with E-state index in [2.05, 4.69) is 4.90 Å². The van der Waals surface area contributed by atoms with Crippen LogP contribution in [-0.4, -0.2) is 72.4 Å². The van der Waals surface area contributed by atoms with Crippen LogP contribution >= 0.6 is 0 Å². The molecule has 1 aliphatic heterocycles. The highest BCUT2D eigenvalue weighted by Gasteiger charge is 2.41. The number of nitrogens with zero attached hydrogens (tertiary/aromatic N) is 2. The zero-order valence-corrected chi connectivity index (χ0v) is 14.0. The quantitative estimate of drug-likeness (QED) is 0.893. The molecule has 0 unspecified atom stereocenters. The average molecular weight is 336 g/mol. The summed E-state index contributed by atoms with van der Waals surface area (Å²) in [5.74, 6) is -0.427. The molecule has 1 N–H and O–H groups in total. The Morgan fingerprint density at radius 3 is 2.83 bits per heavy atom. The van der Waals surface area contributed by atoms with E-state index in [1.807, 2.05) is 0 Å². The fourth-order valence-electron chi connectivity index (χ4n) is 3.80. The lowest BCUT2D eigenvalue weighted by Gasteiger charge is -2.36. The van der Waals surface area contributed by atoms with Gasteiger partial charge < -0.3 is 14.7 Å². The van der Waals surface area contributed by atoms with E-state index in [0.29, 0.717) is 18.8 Å². The van der Waals surface area contributed by atoms with Gasteiger partial charge >= 0.3 is 0 Å². The summed E-state index contributed by atoms with van der Waals surface area (Å²) < 4.78 is 18.6. The third-order valence-corrected chi connectivity index (χ3v) is 5.20. The molecule has 3 rings (SSSR count). The summed E-state index contributed by atoms with van der Waals surface area (Å²) in [6.07, 6.45) is 1.27. The molecule has 24 heavy (non-hydrogen) atoms. The first kappa shape index (κ1) is 17.3. The largest absolute Gasteiger partial charge is 0.389 e. The van der Waals surface area contributed by atoms with Crippen molar-refractivity contribution in [3.05, 3.63) is 35.6 Å². The maximum absolute atomic E-state index is 13.3. The van der Waals surface area contributed by atoms with Crippen LogP contribution in [-0.2, 0) is 16.0 Å². The third kappa shape index (κ3) is 3.77. The summed E-state index contributed by atoms with van der Waals surface area (Å²) in [5, 5.41) is 10.7. The molecule has 1 aromatic carbocycles. The zero-order chi connectivity index (χ0) is 17.1. The van der Waals surface area contributed by atoms with Crippen LogP contribution in [0.4, 0.5) is 4.39 Å². The highest BCUT2D eigenvalue weighted by molar-refractivity contribution is 5.79. The SMILES string of the molecule is CN(C(=O)Cc1cccc(F)c1)[C@@H]1CC[C@@H](N2CCOCC2)[C@@H]1O. The van der Waals surface area contributed by atoms with Crippen molar-refractivity contribution in [2.75, 3.05) is 33.4 Å². The van der Waals surface area contributed by atoms with Gasteiger partial charge in [0.2, 0.25) is 5.91 Å². The molecule has 0 aromatic heterocycles. The van der Waals surface area contributed by atoms with E-state index in [-0.39, 0.29) is 30.2 Å². The molecule has 1 saturated carbocycles. The minimum Gasteiger partial charge on any atom is -0.389 e. The van der Waals surface area contributed by atoms with E-state index < -0.39 is 6.10 Å². The topological polar surface area (TPSA) is 53.0 Å². The van der Waals surface area contributed by atoms with Crippen molar-refractivity contribution in [1.29, 1.82) is 0 Å². The molecule has 132 valence electrons. The number of likely N-dealkylation sites (N-methyl/N-ethyl adjacent to an activating group) is 1. The second kappa shape index (κ2) is 7.59. The minimum absolute atomic E-state index is 0.0864. The summed E-state index contributed by atoms with van der Waals surface area (Å²) in [7, 11) is 1.73. The Bertz CT molecular complexity index is 577. The van der Waals surface area contributed by atoms with Gasteiger partial charge in [0.1, 0.15) is 5.82 Å².